The number of fused-ring (bicyclic) bond motifs is 1. The summed E-state index contributed by atoms with van der Waals surface area (Å²) in [5.74, 6) is 0. The van der Waals surface area contributed by atoms with Gasteiger partial charge in [-0.05, 0) is 63.1 Å². The maximum Gasteiger partial charge on any atom is -0.0106 e. The zero-order chi connectivity index (χ0) is 21.1. The van der Waals surface area contributed by atoms with E-state index in [1.165, 1.54) is 39.5 Å². The van der Waals surface area contributed by atoms with Crippen LogP contribution in [0, 0.1) is 10.8 Å². The van der Waals surface area contributed by atoms with Gasteiger partial charge in [0.2, 0.25) is 0 Å². The van der Waals surface area contributed by atoms with E-state index in [2.05, 4.69) is 114 Å². The highest BCUT2D eigenvalue weighted by Crippen LogP contribution is 2.42. The summed E-state index contributed by atoms with van der Waals surface area (Å²) in [6.45, 7) is 14.0. The lowest BCUT2D eigenvalue weighted by Crippen LogP contribution is -2.14. The monoisotopic (exact) mass is 384 g/mol. The Kier molecular flexibility index (Phi) is 6.32. The Morgan fingerprint density at radius 1 is 0.724 bits per heavy atom. The van der Waals surface area contributed by atoms with Gasteiger partial charge in [-0.3, -0.25) is 0 Å². The molecule has 3 aromatic carbocycles. The fraction of sp³-hybridized carbons (Fsp3) is 0.379. The predicted octanol–water partition coefficient (Wildman–Crippen LogP) is 8.49. The van der Waals surface area contributed by atoms with E-state index in [-0.39, 0.29) is 10.8 Å². The average molecular weight is 385 g/mol. The summed E-state index contributed by atoms with van der Waals surface area (Å²) >= 11 is 0. The molecule has 3 rings (SSSR count). The molecular weight excluding hydrogens is 348 g/mol. The van der Waals surface area contributed by atoms with E-state index < -0.39 is 0 Å². The number of hydrogen-bond acceptors (Lipinski definition) is 0. The molecule has 152 valence electrons. The molecule has 0 saturated heterocycles. The lowest BCUT2D eigenvalue weighted by molar-refractivity contribution is 0.517. The fourth-order valence-corrected chi connectivity index (χ4v) is 4.07. The first-order valence-electron chi connectivity index (χ1n) is 10.9. The number of benzene rings is 3. The fourth-order valence-electron chi connectivity index (χ4n) is 4.07. The molecule has 29 heavy (non-hydrogen) atoms. The van der Waals surface area contributed by atoms with Gasteiger partial charge in [0.1, 0.15) is 0 Å². The minimum atomic E-state index is 0.0889. The van der Waals surface area contributed by atoms with Crippen molar-refractivity contribution >= 4 is 16.3 Å². The van der Waals surface area contributed by atoms with Crippen molar-refractivity contribution < 1.29 is 0 Å². The topological polar surface area (TPSA) is 0 Å². The minimum Gasteiger partial charge on any atom is -0.0748 e. The van der Waals surface area contributed by atoms with Crippen LogP contribution in [-0.2, 0) is 12.8 Å². The third kappa shape index (κ3) is 5.60. The molecular formula is C29H36. The van der Waals surface area contributed by atoms with E-state index in [0.29, 0.717) is 0 Å². The van der Waals surface area contributed by atoms with Crippen molar-refractivity contribution in [2.75, 3.05) is 0 Å². The quantitative estimate of drug-likeness (QED) is 0.413. The molecule has 0 radical (unpaired) electrons. The maximum atomic E-state index is 2.50. The van der Waals surface area contributed by atoms with Crippen LogP contribution in [0.4, 0.5) is 0 Å². The van der Waals surface area contributed by atoms with Crippen LogP contribution in [0.5, 0.6) is 0 Å². The molecule has 3 aromatic rings. The van der Waals surface area contributed by atoms with Crippen molar-refractivity contribution in [2.24, 2.45) is 10.8 Å². The van der Waals surface area contributed by atoms with Crippen LogP contribution in [-0.4, -0.2) is 0 Å². The van der Waals surface area contributed by atoms with Crippen LogP contribution >= 0.6 is 0 Å². The summed E-state index contributed by atoms with van der Waals surface area (Å²) in [6, 6.07) is 24.4. The van der Waals surface area contributed by atoms with E-state index in [1.54, 1.807) is 0 Å². The first kappa shape index (κ1) is 21.4. The van der Waals surface area contributed by atoms with Crippen LogP contribution in [0.15, 0.2) is 72.8 Å². The maximum absolute atomic E-state index is 2.50. The van der Waals surface area contributed by atoms with E-state index >= 15 is 0 Å². The number of rotatable bonds is 5. The predicted molar refractivity (Wildman–Crippen MR) is 129 cm³/mol. The van der Waals surface area contributed by atoms with Gasteiger partial charge in [-0.1, -0.05) is 114 Å². The molecule has 0 bridgehead atoms. The van der Waals surface area contributed by atoms with E-state index in [4.69, 9.17) is 0 Å². The molecule has 0 aliphatic rings. The van der Waals surface area contributed by atoms with Gasteiger partial charge >= 0.3 is 0 Å². The lowest BCUT2D eigenvalue weighted by atomic mass is 9.75. The Morgan fingerprint density at radius 3 is 2.03 bits per heavy atom. The Labute approximate surface area is 177 Å². The molecule has 0 fully saturated rings. The molecule has 0 N–H and O–H groups in total. The smallest absolute Gasteiger partial charge is 0.0106 e. The Morgan fingerprint density at radius 2 is 1.38 bits per heavy atom. The Balaban J connectivity index is 2.07. The second kappa shape index (κ2) is 8.57. The van der Waals surface area contributed by atoms with Crippen LogP contribution in [0.1, 0.15) is 64.7 Å². The highest BCUT2D eigenvalue weighted by molar-refractivity contribution is 5.96. The van der Waals surface area contributed by atoms with Crippen molar-refractivity contribution in [2.45, 2.75) is 60.8 Å². The van der Waals surface area contributed by atoms with Crippen molar-refractivity contribution in [3.05, 3.63) is 89.5 Å². The summed E-state index contributed by atoms with van der Waals surface area (Å²) < 4.78 is 0. The van der Waals surface area contributed by atoms with Crippen LogP contribution in [0.2, 0.25) is 0 Å². The normalized spacial score (nSPS) is 13.1. The molecule has 0 amide bonds. The molecule has 0 aromatic heterocycles. The first-order valence-corrected chi connectivity index (χ1v) is 10.9. The van der Waals surface area contributed by atoms with Crippen LogP contribution in [0.25, 0.3) is 16.3 Å². The van der Waals surface area contributed by atoms with E-state index in [9.17, 15) is 0 Å². The second-order valence-corrected chi connectivity index (χ2v) is 10.3. The minimum absolute atomic E-state index is 0.0889. The van der Waals surface area contributed by atoms with E-state index in [0.717, 1.165) is 12.8 Å². The number of allylic oxidation sites excluding steroid dienone is 2. The average Bonchev–Trinajstić information content (AvgIpc) is 2.65. The number of aryl methyl sites for hydroxylation is 2. The summed E-state index contributed by atoms with van der Waals surface area (Å²) in [7, 11) is 0. The second-order valence-electron chi connectivity index (χ2n) is 10.3. The molecule has 0 spiro atoms. The summed E-state index contributed by atoms with van der Waals surface area (Å²) in [4.78, 5) is 0. The van der Waals surface area contributed by atoms with E-state index in [1.807, 2.05) is 0 Å². The summed E-state index contributed by atoms with van der Waals surface area (Å²) in [6.07, 6.45) is 5.89. The summed E-state index contributed by atoms with van der Waals surface area (Å²) in [5.41, 5.74) is 6.06. The van der Waals surface area contributed by atoms with Crippen molar-refractivity contribution in [3.63, 3.8) is 0 Å². The van der Waals surface area contributed by atoms with Gasteiger partial charge in [0.15, 0.2) is 0 Å². The molecule has 0 heterocycles. The third-order valence-electron chi connectivity index (χ3n) is 5.42. The molecule has 0 nitrogen and oxygen atoms in total. The first-order chi connectivity index (χ1) is 13.6. The highest BCUT2D eigenvalue weighted by Gasteiger charge is 2.25. The molecule has 0 heteroatoms. The van der Waals surface area contributed by atoms with Gasteiger partial charge < -0.3 is 0 Å². The largest absolute Gasteiger partial charge is 0.0748 e. The van der Waals surface area contributed by atoms with Gasteiger partial charge in [0.05, 0.1) is 0 Å². The Bertz CT molecular complexity index is 976. The van der Waals surface area contributed by atoms with Gasteiger partial charge in [-0.2, -0.15) is 0 Å². The van der Waals surface area contributed by atoms with Gasteiger partial charge in [-0.15, -0.1) is 0 Å². The third-order valence-corrected chi connectivity index (χ3v) is 5.42. The van der Waals surface area contributed by atoms with Gasteiger partial charge in [0, 0.05) is 0 Å². The number of hydrogen-bond donors (Lipinski definition) is 0. The molecule has 0 aliphatic carbocycles. The summed E-state index contributed by atoms with van der Waals surface area (Å²) in [5, 5.41) is 2.72. The lowest BCUT2D eigenvalue weighted by Gasteiger charge is -2.30. The zero-order valence-corrected chi connectivity index (χ0v) is 19.0. The molecule has 0 aliphatic heterocycles. The SMILES string of the molecule is CC(C)(C)C=C(c1c(CCCc2ccccc2)ccc2ccccc12)C(C)(C)C. The molecule has 0 atom stereocenters. The van der Waals surface area contributed by atoms with Crippen molar-refractivity contribution in [1.82, 2.24) is 0 Å². The standard InChI is InChI=1S/C29H36/c1-28(2,3)21-26(29(4,5)6)27-24(17-12-15-22-13-8-7-9-14-22)20-19-23-16-10-11-18-25(23)27/h7-11,13-14,16,18-21H,12,15,17H2,1-6H3. The van der Waals surface area contributed by atoms with Crippen molar-refractivity contribution in [3.8, 4) is 0 Å². The molecule has 0 saturated carbocycles. The van der Waals surface area contributed by atoms with Crippen LogP contribution in [0.3, 0.4) is 0 Å². The van der Waals surface area contributed by atoms with Gasteiger partial charge in [0.25, 0.3) is 0 Å². The van der Waals surface area contributed by atoms with Crippen molar-refractivity contribution in [1.29, 1.82) is 0 Å². The Hall–Kier alpha value is -2.34. The van der Waals surface area contributed by atoms with Crippen LogP contribution < -0.4 is 0 Å². The zero-order valence-electron chi connectivity index (χ0n) is 19.0. The van der Waals surface area contributed by atoms with Gasteiger partial charge in [-0.25, -0.2) is 0 Å². The molecule has 0 unspecified atom stereocenters. The highest BCUT2D eigenvalue weighted by atomic mass is 14.3.